The van der Waals surface area contributed by atoms with Crippen molar-refractivity contribution in [2.45, 2.75) is 27.2 Å². The smallest absolute Gasteiger partial charge is 0.125 e. The molecule has 0 spiro atoms. The Bertz CT molecular complexity index is 490. The van der Waals surface area contributed by atoms with Gasteiger partial charge in [0.25, 0.3) is 0 Å². The van der Waals surface area contributed by atoms with Crippen molar-refractivity contribution >= 4 is 6.21 Å². The van der Waals surface area contributed by atoms with Crippen LogP contribution >= 0.6 is 0 Å². The van der Waals surface area contributed by atoms with Gasteiger partial charge in [0.1, 0.15) is 25.2 Å². The molecule has 0 radical (unpaired) electrons. The van der Waals surface area contributed by atoms with Crippen LogP contribution in [0.1, 0.15) is 24.5 Å². The van der Waals surface area contributed by atoms with Crippen LogP contribution in [0.15, 0.2) is 29.4 Å². The summed E-state index contributed by atoms with van der Waals surface area (Å²) >= 11 is 0. The van der Waals surface area contributed by atoms with E-state index in [1.165, 1.54) is 7.11 Å². The Morgan fingerprint density at radius 2 is 1.91 bits per heavy atom. The fraction of sp³-hybridized carbons (Fsp3) is 0.500. The lowest BCUT2D eigenvalue weighted by atomic mass is 10.1. The fourth-order valence-electron chi connectivity index (χ4n) is 2.11. The van der Waals surface area contributed by atoms with Crippen LogP contribution in [-0.4, -0.2) is 39.6 Å². The summed E-state index contributed by atoms with van der Waals surface area (Å²) < 4.78 is 11.6. The first-order chi connectivity index (χ1) is 11.2. The predicted octanol–water partition coefficient (Wildman–Crippen LogP) is 3.25. The number of hydrogen-bond donors (Lipinski definition) is 1. The van der Waals surface area contributed by atoms with E-state index < -0.39 is 0 Å². The molecule has 5 heteroatoms. The fourth-order valence-corrected chi connectivity index (χ4v) is 2.11. The first kappa shape index (κ1) is 19.0. The number of hydrogen-bond acceptors (Lipinski definition) is 5. The van der Waals surface area contributed by atoms with E-state index >= 15 is 0 Å². The summed E-state index contributed by atoms with van der Waals surface area (Å²) in [6, 6.07) is 4.04. The highest BCUT2D eigenvalue weighted by atomic mass is 16.6. The standard InChI is InChI=1S/C18H28N2O3/c1-5-6-11-22-17-13-15(2)18(16(3)14-17)23-12-7-8-19-9-10-20-21-4/h5-6,10,13-14,19H,7-9,11-12H2,1-4H3/b6-5+,20-10+. The number of benzene rings is 1. The molecule has 0 atom stereocenters. The van der Waals surface area contributed by atoms with Gasteiger partial charge in [0.15, 0.2) is 0 Å². The topological polar surface area (TPSA) is 52.1 Å². The monoisotopic (exact) mass is 320 g/mol. The summed E-state index contributed by atoms with van der Waals surface area (Å²) in [6.45, 7) is 8.91. The van der Waals surface area contributed by atoms with Gasteiger partial charge in [-0.2, -0.15) is 0 Å². The number of allylic oxidation sites excluding steroid dienone is 1. The molecule has 0 unspecified atom stereocenters. The minimum absolute atomic E-state index is 0.591. The first-order valence-electron chi connectivity index (χ1n) is 7.92. The highest BCUT2D eigenvalue weighted by Crippen LogP contribution is 2.28. The molecule has 0 heterocycles. The molecule has 1 aromatic rings. The molecule has 0 amide bonds. The lowest BCUT2D eigenvalue weighted by Crippen LogP contribution is -2.19. The number of aryl methyl sites for hydroxylation is 2. The molecule has 0 saturated heterocycles. The molecule has 5 nitrogen and oxygen atoms in total. The predicted molar refractivity (Wildman–Crippen MR) is 94.7 cm³/mol. The van der Waals surface area contributed by atoms with Crippen molar-refractivity contribution in [3.8, 4) is 11.5 Å². The molecular formula is C18H28N2O3. The molecule has 1 N–H and O–H groups in total. The number of rotatable bonds is 11. The number of ether oxygens (including phenoxy) is 2. The minimum atomic E-state index is 0.591. The van der Waals surface area contributed by atoms with Crippen molar-refractivity contribution in [1.82, 2.24) is 5.32 Å². The second-order valence-electron chi connectivity index (χ2n) is 5.14. The Morgan fingerprint density at radius 1 is 1.17 bits per heavy atom. The highest BCUT2D eigenvalue weighted by Gasteiger charge is 2.07. The molecule has 0 aromatic heterocycles. The van der Waals surface area contributed by atoms with E-state index in [-0.39, 0.29) is 0 Å². The second kappa shape index (κ2) is 11.5. The number of nitrogens with one attached hydrogen (secondary N) is 1. The third-order valence-corrected chi connectivity index (χ3v) is 3.18. The molecule has 0 bridgehead atoms. The van der Waals surface area contributed by atoms with Crippen molar-refractivity contribution in [3.05, 3.63) is 35.4 Å². The zero-order chi connectivity index (χ0) is 16.9. The van der Waals surface area contributed by atoms with Gasteiger partial charge in [-0.1, -0.05) is 17.3 Å². The Balaban J connectivity index is 2.37. The summed E-state index contributed by atoms with van der Waals surface area (Å²) in [7, 11) is 1.53. The summed E-state index contributed by atoms with van der Waals surface area (Å²) in [5.41, 5.74) is 2.20. The van der Waals surface area contributed by atoms with E-state index in [4.69, 9.17) is 9.47 Å². The maximum Gasteiger partial charge on any atom is 0.125 e. The molecule has 0 saturated carbocycles. The lowest BCUT2D eigenvalue weighted by molar-refractivity contribution is 0.214. The van der Waals surface area contributed by atoms with Crippen LogP contribution in [0.2, 0.25) is 0 Å². The maximum atomic E-state index is 5.91. The highest BCUT2D eigenvalue weighted by molar-refractivity contribution is 5.58. The van der Waals surface area contributed by atoms with Crippen LogP contribution in [0, 0.1) is 13.8 Å². The molecular weight excluding hydrogens is 292 g/mol. The number of oxime groups is 1. The zero-order valence-electron chi connectivity index (χ0n) is 14.6. The van der Waals surface area contributed by atoms with Gasteiger partial charge in [-0.15, -0.1) is 0 Å². The second-order valence-corrected chi connectivity index (χ2v) is 5.14. The Labute approximate surface area is 139 Å². The van der Waals surface area contributed by atoms with Gasteiger partial charge >= 0.3 is 0 Å². The first-order valence-corrected chi connectivity index (χ1v) is 7.92. The number of nitrogens with zero attached hydrogens (tertiary/aromatic N) is 1. The van der Waals surface area contributed by atoms with Crippen LogP contribution in [0.5, 0.6) is 11.5 Å². The minimum Gasteiger partial charge on any atom is -0.493 e. The van der Waals surface area contributed by atoms with E-state index in [1.54, 1.807) is 6.21 Å². The van der Waals surface area contributed by atoms with E-state index in [1.807, 2.05) is 45.1 Å². The summed E-state index contributed by atoms with van der Waals surface area (Å²) in [5, 5.41) is 6.90. The van der Waals surface area contributed by atoms with Crippen LogP contribution in [-0.2, 0) is 4.84 Å². The van der Waals surface area contributed by atoms with Gasteiger partial charge in [0.2, 0.25) is 0 Å². The molecule has 0 fully saturated rings. The molecule has 128 valence electrons. The average molecular weight is 320 g/mol. The summed E-state index contributed by atoms with van der Waals surface area (Å²) in [4.78, 5) is 4.59. The van der Waals surface area contributed by atoms with Crippen LogP contribution in [0.3, 0.4) is 0 Å². The van der Waals surface area contributed by atoms with Crippen LogP contribution in [0.25, 0.3) is 0 Å². The summed E-state index contributed by atoms with van der Waals surface area (Å²) in [6.07, 6.45) is 6.59. The van der Waals surface area contributed by atoms with Crippen LogP contribution in [0.4, 0.5) is 0 Å². The Kier molecular flexibility index (Phi) is 9.55. The van der Waals surface area contributed by atoms with Crippen LogP contribution < -0.4 is 14.8 Å². The van der Waals surface area contributed by atoms with Crippen molar-refractivity contribution in [2.75, 3.05) is 33.4 Å². The SMILES string of the molecule is C/C=C/COc1cc(C)c(OCCCNC/C=N/OC)c(C)c1. The van der Waals surface area contributed by atoms with Gasteiger partial charge in [-0.05, 0) is 57.0 Å². The lowest BCUT2D eigenvalue weighted by Gasteiger charge is -2.14. The quantitative estimate of drug-likeness (QED) is 0.294. The van der Waals surface area contributed by atoms with Crippen molar-refractivity contribution in [1.29, 1.82) is 0 Å². The third kappa shape index (κ3) is 7.70. The summed E-state index contributed by atoms with van der Waals surface area (Å²) in [5.74, 6) is 1.83. The van der Waals surface area contributed by atoms with Gasteiger partial charge in [-0.25, -0.2) is 0 Å². The molecule has 1 rings (SSSR count). The van der Waals surface area contributed by atoms with E-state index in [0.29, 0.717) is 19.8 Å². The van der Waals surface area contributed by atoms with Crippen molar-refractivity contribution in [3.63, 3.8) is 0 Å². The Hall–Kier alpha value is -2.01. The molecule has 23 heavy (non-hydrogen) atoms. The third-order valence-electron chi connectivity index (χ3n) is 3.18. The van der Waals surface area contributed by atoms with Gasteiger partial charge in [0.05, 0.1) is 12.8 Å². The maximum absolute atomic E-state index is 5.91. The normalized spacial score (nSPS) is 11.3. The zero-order valence-corrected chi connectivity index (χ0v) is 14.6. The van der Waals surface area contributed by atoms with E-state index in [0.717, 1.165) is 35.6 Å². The van der Waals surface area contributed by atoms with Gasteiger partial charge in [-0.3, -0.25) is 0 Å². The Morgan fingerprint density at radius 3 is 2.57 bits per heavy atom. The molecule has 0 aliphatic rings. The van der Waals surface area contributed by atoms with Gasteiger partial charge < -0.3 is 19.6 Å². The van der Waals surface area contributed by atoms with E-state index in [9.17, 15) is 0 Å². The molecule has 1 aromatic carbocycles. The van der Waals surface area contributed by atoms with E-state index in [2.05, 4.69) is 15.3 Å². The molecule has 0 aliphatic carbocycles. The average Bonchev–Trinajstić information content (AvgIpc) is 2.52. The van der Waals surface area contributed by atoms with Crippen molar-refractivity contribution < 1.29 is 14.3 Å². The largest absolute Gasteiger partial charge is 0.493 e. The van der Waals surface area contributed by atoms with Crippen molar-refractivity contribution in [2.24, 2.45) is 5.16 Å². The molecule has 0 aliphatic heterocycles. The van der Waals surface area contributed by atoms with Gasteiger partial charge in [0, 0.05) is 6.54 Å².